The van der Waals surface area contributed by atoms with Gasteiger partial charge >= 0.3 is 5.97 Å². The van der Waals surface area contributed by atoms with Gasteiger partial charge in [-0.2, -0.15) is 0 Å². The van der Waals surface area contributed by atoms with Gasteiger partial charge in [-0.25, -0.2) is 4.79 Å². The van der Waals surface area contributed by atoms with Gasteiger partial charge in [0.2, 0.25) is 5.91 Å². The summed E-state index contributed by atoms with van der Waals surface area (Å²) >= 11 is 0. The van der Waals surface area contributed by atoms with E-state index in [0.29, 0.717) is 5.56 Å². The van der Waals surface area contributed by atoms with Crippen LogP contribution in [0.15, 0.2) is 84.9 Å². The fourth-order valence-electron chi connectivity index (χ4n) is 5.63. The number of hydrogen-bond donors (Lipinski definition) is 1. The highest BCUT2D eigenvalue weighted by Gasteiger charge is 2.64. The molecule has 3 aromatic carbocycles. The molecule has 4 atom stereocenters. The van der Waals surface area contributed by atoms with Crippen LogP contribution in [0.4, 0.5) is 0 Å². The molecule has 36 heavy (non-hydrogen) atoms. The highest BCUT2D eigenvalue weighted by Crippen LogP contribution is 2.56. The molecule has 0 saturated carbocycles. The minimum Gasteiger partial charge on any atom is -0.479 e. The van der Waals surface area contributed by atoms with E-state index >= 15 is 0 Å². The molecule has 1 fully saturated rings. The van der Waals surface area contributed by atoms with Crippen molar-refractivity contribution in [3.8, 4) is 0 Å². The van der Waals surface area contributed by atoms with Gasteiger partial charge in [0.15, 0.2) is 5.78 Å². The van der Waals surface area contributed by atoms with Crippen LogP contribution in [0.2, 0.25) is 0 Å². The van der Waals surface area contributed by atoms with Gasteiger partial charge in [0.25, 0.3) is 0 Å². The van der Waals surface area contributed by atoms with E-state index in [9.17, 15) is 19.5 Å². The standard InChI is InChI=1S/C31H33NO4/c1-20(2)19-25(33)32-28(23-17-15-21(3)16-18-23)26(29(34)24-13-9-6-10-14-24)27(31(32,4)30(35)36)22-11-7-5-8-12-22/h5-18,20,26-28H,19H2,1-4H3,(H,35,36). The summed E-state index contributed by atoms with van der Waals surface area (Å²) in [4.78, 5) is 42.8. The van der Waals surface area contributed by atoms with Crippen LogP contribution in [0.3, 0.4) is 0 Å². The first kappa shape index (κ1) is 25.4. The molecule has 0 radical (unpaired) electrons. The van der Waals surface area contributed by atoms with Gasteiger partial charge in [-0.15, -0.1) is 0 Å². The maximum atomic E-state index is 14.3. The Kier molecular flexibility index (Phi) is 7.11. The zero-order valence-electron chi connectivity index (χ0n) is 21.2. The minimum atomic E-state index is -1.63. The average molecular weight is 484 g/mol. The molecule has 1 saturated heterocycles. The third-order valence-corrected chi connectivity index (χ3v) is 7.31. The summed E-state index contributed by atoms with van der Waals surface area (Å²) in [6, 6.07) is 25.2. The quantitative estimate of drug-likeness (QED) is 0.415. The normalized spacial score (nSPS) is 23.6. The number of carbonyl (C=O) groups excluding carboxylic acids is 2. The van der Waals surface area contributed by atoms with Crippen LogP contribution >= 0.6 is 0 Å². The van der Waals surface area contributed by atoms with E-state index in [4.69, 9.17) is 0 Å². The Morgan fingerprint density at radius 1 is 0.861 bits per heavy atom. The van der Waals surface area contributed by atoms with E-state index in [1.54, 1.807) is 31.2 Å². The third-order valence-electron chi connectivity index (χ3n) is 7.31. The van der Waals surface area contributed by atoms with E-state index in [1.807, 2.05) is 81.4 Å². The monoisotopic (exact) mass is 483 g/mol. The molecule has 3 aromatic rings. The van der Waals surface area contributed by atoms with Crippen molar-refractivity contribution < 1.29 is 19.5 Å². The first-order valence-corrected chi connectivity index (χ1v) is 12.4. The molecule has 1 amide bonds. The molecule has 0 bridgehead atoms. The van der Waals surface area contributed by atoms with Crippen molar-refractivity contribution in [3.63, 3.8) is 0 Å². The molecule has 5 nitrogen and oxygen atoms in total. The molecule has 1 heterocycles. The van der Waals surface area contributed by atoms with Gasteiger partial charge in [-0.3, -0.25) is 9.59 Å². The van der Waals surface area contributed by atoms with E-state index in [1.165, 1.54) is 4.90 Å². The highest BCUT2D eigenvalue weighted by molar-refractivity contribution is 6.02. The Bertz CT molecular complexity index is 1240. The van der Waals surface area contributed by atoms with Crippen LogP contribution in [0.1, 0.15) is 66.2 Å². The lowest BCUT2D eigenvalue weighted by Crippen LogP contribution is -2.54. The summed E-state index contributed by atoms with van der Waals surface area (Å²) in [7, 11) is 0. The summed E-state index contributed by atoms with van der Waals surface area (Å²) in [5, 5.41) is 10.7. The van der Waals surface area contributed by atoms with Gasteiger partial charge in [0, 0.05) is 17.9 Å². The smallest absolute Gasteiger partial charge is 0.330 e. The summed E-state index contributed by atoms with van der Waals surface area (Å²) < 4.78 is 0. The Morgan fingerprint density at radius 2 is 1.42 bits per heavy atom. The lowest BCUT2D eigenvalue weighted by Gasteiger charge is -2.38. The summed E-state index contributed by atoms with van der Waals surface area (Å²) in [6.45, 7) is 7.45. The molecule has 4 unspecified atom stereocenters. The van der Waals surface area contributed by atoms with Crippen molar-refractivity contribution in [1.29, 1.82) is 0 Å². The second-order valence-electron chi connectivity index (χ2n) is 10.3. The van der Waals surface area contributed by atoms with Gasteiger partial charge in [0.05, 0.1) is 12.0 Å². The fraction of sp³-hybridized carbons (Fsp3) is 0.323. The molecule has 5 heteroatoms. The van der Waals surface area contributed by atoms with Crippen molar-refractivity contribution in [2.24, 2.45) is 11.8 Å². The number of ketones is 1. The summed E-state index contributed by atoms with van der Waals surface area (Å²) in [5.41, 5.74) is 1.42. The molecule has 1 aliphatic heterocycles. The summed E-state index contributed by atoms with van der Waals surface area (Å²) in [5.74, 6) is -3.03. The number of carboxylic acids is 1. The van der Waals surface area contributed by atoms with E-state index < -0.39 is 29.4 Å². The Balaban J connectivity index is 2.03. The second-order valence-corrected chi connectivity index (χ2v) is 10.3. The lowest BCUT2D eigenvalue weighted by atomic mass is 9.71. The van der Waals surface area contributed by atoms with Crippen LogP contribution in [-0.2, 0) is 9.59 Å². The van der Waals surface area contributed by atoms with Gasteiger partial charge in [-0.05, 0) is 30.9 Å². The van der Waals surface area contributed by atoms with Gasteiger partial charge in [0.1, 0.15) is 5.54 Å². The first-order valence-electron chi connectivity index (χ1n) is 12.4. The number of nitrogens with zero attached hydrogens (tertiary/aromatic N) is 1. The average Bonchev–Trinajstić information content (AvgIpc) is 3.15. The van der Waals surface area contributed by atoms with Crippen LogP contribution in [0.5, 0.6) is 0 Å². The number of rotatable bonds is 7. The second kappa shape index (κ2) is 10.1. The van der Waals surface area contributed by atoms with E-state index in [2.05, 4.69) is 0 Å². The van der Waals surface area contributed by atoms with Gasteiger partial charge < -0.3 is 10.0 Å². The molecule has 1 aliphatic rings. The lowest BCUT2D eigenvalue weighted by molar-refractivity contribution is -0.158. The summed E-state index contributed by atoms with van der Waals surface area (Å²) in [6.07, 6.45) is 0.193. The highest BCUT2D eigenvalue weighted by atomic mass is 16.4. The number of carboxylic acid groups (broad SMARTS) is 1. The van der Waals surface area contributed by atoms with Crippen molar-refractivity contribution in [2.75, 3.05) is 0 Å². The van der Waals surface area contributed by atoms with Crippen molar-refractivity contribution >= 4 is 17.7 Å². The van der Waals surface area contributed by atoms with Crippen molar-refractivity contribution in [2.45, 2.75) is 51.6 Å². The predicted molar refractivity (Wildman–Crippen MR) is 140 cm³/mol. The van der Waals surface area contributed by atoms with Crippen LogP contribution < -0.4 is 0 Å². The molecule has 0 aliphatic carbocycles. The predicted octanol–water partition coefficient (Wildman–Crippen LogP) is 6.05. The topological polar surface area (TPSA) is 74.7 Å². The zero-order chi connectivity index (χ0) is 26.0. The molecular weight excluding hydrogens is 450 g/mol. The Hall–Kier alpha value is -3.73. The SMILES string of the molecule is Cc1ccc(C2C(C(=O)c3ccccc3)C(c3ccccc3)C(C)(C(=O)O)N2C(=O)CC(C)C)cc1. The number of Topliss-reactive ketones (excluding diaryl/α,β-unsaturated/α-hetero) is 1. The minimum absolute atomic E-state index is 0.0354. The number of benzene rings is 3. The number of hydrogen-bond acceptors (Lipinski definition) is 3. The number of aryl methyl sites for hydroxylation is 1. The van der Waals surface area contributed by atoms with Gasteiger partial charge in [-0.1, -0.05) is 104 Å². The van der Waals surface area contributed by atoms with Crippen LogP contribution in [-0.4, -0.2) is 33.2 Å². The van der Waals surface area contributed by atoms with Crippen molar-refractivity contribution in [1.82, 2.24) is 4.90 Å². The Labute approximate surface area is 212 Å². The maximum absolute atomic E-state index is 14.3. The van der Waals surface area contributed by atoms with E-state index in [-0.39, 0.29) is 24.0 Å². The first-order chi connectivity index (χ1) is 17.2. The number of amides is 1. The third kappa shape index (κ3) is 4.46. The van der Waals surface area contributed by atoms with E-state index in [0.717, 1.165) is 16.7 Å². The number of likely N-dealkylation sites (tertiary alicyclic amines) is 1. The Morgan fingerprint density at radius 3 is 1.94 bits per heavy atom. The fourth-order valence-corrected chi connectivity index (χ4v) is 5.63. The molecule has 4 rings (SSSR count). The number of aliphatic carboxylic acids is 1. The number of carbonyl (C=O) groups is 3. The maximum Gasteiger partial charge on any atom is 0.330 e. The molecule has 0 spiro atoms. The molecule has 1 N–H and O–H groups in total. The van der Waals surface area contributed by atoms with Crippen LogP contribution in [0.25, 0.3) is 0 Å². The zero-order valence-corrected chi connectivity index (χ0v) is 21.2. The molecular formula is C31H33NO4. The molecule has 186 valence electrons. The van der Waals surface area contributed by atoms with Crippen molar-refractivity contribution in [3.05, 3.63) is 107 Å². The largest absolute Gasteiger partial charge is 0.479 e. The molecule has 0 aromatic heterocycles. The van der Waals surface area contributed by atoms with Crippen LogP contribution in [0, 0.1) is 18.8 Å².